The molecule has 1 fully saturated rings. The number of rotatable bonds is 10. The lowest BCUT2D eigenvalue weighted by atomic mass is 9.98. The van der Waals surface area contributed by atoms with Crippen LogP contribution in [0, 0.1) is 11.7 Å². The van der Waals surface area contributed by atoms with Gasteiger partial charge in [-0.25, -0.2) is 12.8 Å². The standard InChI is InChI=1S/C36H39FN2O2S/c37-35-23-28(10-6-9-27-7-4-5-8-27)15-20-36(35)38-42(40,41)34-19-18-33-26-39(22-21-32(33)24-34)25-29-13-16-31(17-14-29)30-11-2-1-3-12-30/h1-3,11-20,23-24,27,38H,4-10,21-22,25-26H2. The first kappa shape index (κ1) is 28.6. The van der Waals surface area contributed by atoms with Gasteiger partial charge in [0.25, 0.3) is 10.0 Å². The number of anilines is 1. The van der Waals surface area contributed by atoms with Gasteiger partial charge in [-0.3, -0.25) is 9.62 Å². The van der Waals surface area contributed by atoms with Crippen molar-refractivity contribution in [1.82, 2.24) is 4.90 Å². The molecular formula is C36H39FN2O2S. The molecule has 0 atom stereocenters. The van der Waals surface area contributed by atoms with Crippen molar-refractivity contribution >= 4 is 15.7 Å². The quantitative estimate of drug-likeness (QED) is 0.204. The molecule has 6 rings (SSSR count). The molecule has 0 aromatic heterocycles. The minimum Gasteiger partial charge on any atom is -0.294 e. The fourth-order valence-electron chi connectivity index (χ4n) is 6.48. The van der Waals surface area contributed by atoms with E-state index in [1.54, 1.807) is 18.2 Å². The van der Waals surface area contributed by atoms with Crippen molar-refractivity contribution in [1.29, 1.82) is 0 Å². The molecule has 2 aliphatic rings. The van der Waals surface area contributed by atoms with Crippen LogP contribution in [0.4, 0.5) is 10.1 Å². The molecule has 4 aromatic rings. The number of fused-ring (bicyclic) bond motifs is 1. The highest BCUT2D eigenvalue weighted by Gasteiger charge is 2.22. The van der Waals surface area contributed by atoms with E-state index in [1.165, 1.54) is 54.9 Å². The summed E-state index contributed by atoms with van der Waals surface area (Å²) in [5, 5.41) is 0. The molecule has 1 heterocycles. The summed E-state index contributed by atoms with van der Waals surface area (Å²) >= 11 is 0. The van der Waals surface area contributed by atoms with E-state index >= 15 is 0 Å². The molecule has 0 radical (unpaired) electrons. The Morgan fingerprint density at radius 2 is 1.55 bits per heavy atom. The zero-order valence-corrected chi connectivity index (χ0v) is 24.9. The van der Waals surface area contributed by atoms with Crippen molar-refractivity contribution in [2.75, 3.05) is 11.3 Å². The number of aryl methyl sites for hydroxylation is 1. The second-order valence-corrected chi connectivity index (χ2v) is 13.6. The predicted molar refractivity (Wildman–Crippen MR) is 168 cm³/mol. The highest BCUT2D eigenvalue weighted by atomic mass is 32.2. The second-order valence-electron chi connectivity index (χ2n) is 11.9. The van der Waals surface area contributed by atoms with Gasteiger partial charge in [0.1, 0.15) is 5.82 Å². The van der Waals surface area contributed by atoms with Crippen LogP contribution in [0.15, 0.2) is 95.9 Å². The molecular weight excluding hydrogens is 543 g/mol. The van der Waals surface area contributed by atoms with Crippen LogP contribution < -0.4 is 4.72 Å². The fourth-order valence-corrected chi connectivity index (χ4v) is 7.59. The average Bonchev–Trinajstić information content (AvgIpc) is 3.53. The summed E-state index contributed by atoms with van der Waals surface area (Å²) in [6.07, 6.45) is 9.13. The normalized spacial score (nSPS) is 15.9. The molecule has 218 valence electrons. The summed E-state index contributed by atoms with van der Waals surface area (Å²) < 4.78 is 43.8. The topological polar surface area (TPSA) is 49.4 Å². The van der Waals surface area contributed by atoms with Crippen LogP contribution >= 0.6 is 0 Å². The molecule has 4 nitrogen and oxygen atoms in total. The average molecular weight is 583 g/mol. The second kappa shape index (κ2) is 12.8. The molecule has 1 aliphatic heterocycles. The molecule has 0 bridgehead atoms. The summed E-state index contributed by atoms with van der Waals surface area (Å²) in [5.41, 5.74) is 6.75. The predicted octanol–water partition coefficient (Wildman–Crippen LogP) is 8.36. The molecule has 0 saturated heterocycles. The number of nitrogens with zero attached hydrogens (tertiary/aromatic N) is 1. The molecule has 0 unspecified atom stereocenters. The molecule has 1 N–H and O–H groups in total. The molecule has 1 saturated carbocycles. The molecule has 4 aromatic carbocycles. The van der Waals surface area contributed by atoms with Gasteiger partial charge in [0, 0.05) is 19.6 Å². The highest BCUT2D eigenvalue weighted by molar-refractivity contribution is 7.92. The molecule has 1 aliphatic carbocycles. The van der Waals surface area contributed by atoms with Gasteiger partial charge in [0.05, 0.1) is 10.6 Å². The third-order valence-corrected chi connectivity index (χ3v) is 10.2. The van der Waals surface area contributed by atoms with Crippen molar-refractivity contribution in [3.8, 4) is 11.1 Å². The third kappa shape index (κ3) is 6.93. The molecule has 0 amide bonds. The van der Waals surface area contributed by atoms with Crippen LogP contribution in [0.5, 0.6) is 0 Å². The van der Waals surface area contributed by atoms with E-state index in [9.17, 15) is 12.8 Å². The van der Waals surface area contributed by atoms with Gasteiger partial charge in [-0.1, -0.05) is 98.8 Å². The Balaban J connectivity index is 1.06. The smallest absolute Gasteiger partial charge is 0.261 e. The van der Waals surface area contributed by atoms with E-state index in [-0.39, 0.29) is 10.6 Å². The Kier molecular flexibility index (Phi) is 8.73. The summed E-state index contributed by atoms with van der Waals surface area (Å²) in [6.45, 7) is 2.45. The Hall–Kier alpha value is -3.48. The van der Waals surface area contributed by atoms with Crippen molar-refractivity contribution in [2.24, 2.45) is 5.92 Å². The maximum Gasteiger partial charge on any atom is 0.261 e. The lowest BCUT2D eigenvalue weighted by molar-refractivity contribution is 0.245. The van der Waals surface area contributed by atoms with Crippen molar-refractivity contribution in [3.05, 3.63) is 119 Å². The monoisotopic (exact) mass is 582 g/mol. The SMILES string of the molecule is O=S(=O)(Nc1ccc(CCCC2CCCC2)cc1F)c1ccc2c(c1)CCN(Cc1ccc(-c3ccccc3)cc1)C2. The maximum absolute atomic E-state index is 14.9. The first-order chi connectivity index (χ1) is 20.4. The van der Waals surface area contributed by atoms with E-state index in [4.69, 9.17) is 0 Å². The number of hydrogen-bond donors (Lipinski definition) is 1. The van der Waals surface area contributed by atoms with E-state index in [2.05, 4.69) is 58.2 Å². The number of halogens is 1. The van der Waals surface area contributed by atoms with Gasteiger partial charge in [-0.05, 0) is 82.8 Å². The van der Waals surface area contributed by atoms with Gasteiger partial charge in [0.2, 0.25) is 0 Å². The maximum atomic E-state index is 14.9. The Labute approximate surface area is 249 Å². The Morgan fingerprint density at radius 3 is 2.31 bits per heavy atom. The van der Waals surface area contributed by atoms with Gasteiger partial charge in [-0.2, -0.15) is 0 Å². The number of benzene rings is 4. The van der Waals surface area contributed by atoms with Crippen LogP contribution in [0.2, 0.25) is 0 Å². The van der Waals surface area contributed by atoms with Crippen molar-refractivity contribution in [3.63, 3.8) is 0 Å². The third-order valence-electron chi connectivity index (χ3n) is 8.88. The summed E-state index contributed by atoms with van der Waals surface area (Å²) in [4.78, 5) is 2.56. The lowest BCUT2D eigenvalue weighted by Crippen LogP contribution is -2.30. The highest BCUT2D eigenvalue weighted by Crippen LogP contribution is 2.30. The van der Waals surface area contributed by atoms with E-state index in [0.717, 1.165) is 61.5 Å². The minimum atomic E-state index is -3.90. The molecule has 0 spiro atoms. The van der Waals surface area contributed by atoms with Crippen molar-refractivity contribution in [2.45, 2.75) is 69.4 Å². The zero-order valence-electron chi connectivity index (χ0n) is 24.1. The number of sulfonamides is 1. The van der Waals surface area contributed by atoms with E-state index in [1.807, 2.05) is 18.2 Å². The van der Waals surface area contributed by atoms with E-state index in [0.29, 0.717) is 0 Å². The van der Waals surface area contributed by atoms with Gasteiger partial charge in [-0.15, -0.1) is 0 Å². The van der Waals surface area contributed by atoms with Crippen LogP contribution in [0.1, 0.15) is 60.8 Å². The fraction of sp³-hybridized carbons (Fsp3) is 0.333. The van der Waals surface area contributed by atoms with Gasteiger partial charge >= 0.3 is 0 Å². The van der Waals surface area contributed by atoms with Crippen LogP contribution in [-0.4, -0.2) is 19.9 Å². The first-order valence-electron chi connectivity index (χ1n) is 15.2. The Morgan fingerprint density at radius 1 is 0.810 bits per heavy atom. The van der Waals surface area contributed by atoms with Crippen molar-refractivity contribution < 1.29 is 12.8 Å². The lowest BCUT2D eigenvalue weighted by Gasteiger charge is -2.29. The van der Waals surface area contributed by atoms with Crippen LogP contribution in [0.3, 0.4) is 0 Å². The van der Waals surface area contributed by atoms with Crippen LogP contribution in [-0.2, 0) is 36.0 Å². The first-order valence-corrected chi connectivity index (χ1v) is 16.7. The number of nitrogens with one attached hydrogen (secondary N) is 1. The largest absolute Gasteiger partial charge is 0.294 e. The summed E-state index contributed by atoms with van der Waals surface area (Å²) in [5.74, 6) is 0.292. The molecule has 42 heavy (non-hydrogen) atoms. The van der Waals surface area contributed by atoms with E-state index < -0.39 is 15.8 Å². The summed E-state index contributed by atoms with van der Waals surface area (Å²) in [6, 6.07) is 29.2. The minimum absolute atomic E-state index is 0.00304. The number of hydrogen-bond acceptors (Lipinski definition) is 3. The Bertz CT molecular complexity index is 1610. The zero-order chi connectivity index (χ0) is 28.9. The van der Waals surface area contributed by atoms with Gasteiger partial charge in [0.15, 0.2) is 0 Å². The van der Waals surface area contributed by atoms with Crippen LogP contribution in [0.25, 0.3) is 11.1 Å². The summed E-state index contributed by atoms with van der Waals surface area (Å²) in [7, 11) is -3.90. The van der Waals surface area contributed by atoms with Gasteiger partial charge < -0.3 is 0 Å². The molecule has 6 heteroatoms.